The van der Waals surface area contributed by atoms with Crippen molar-refractivity contribution in [3.8, 4) is 0 Å². The molecular weight excluding hydrogens is 286 g/mol. The predicted molar refractivity (Wildman–Crippen MR) is 61.6 cm³/mol. The number of nitrogens with zero attached hydrogens (tertiary/aromatic N) is 2. The van der Waals surface area contributed by atoms with Crippen LogP contribution in [0, 0.1) is 6.57 Å². The molecule has 0 aliphatic heterocycles. The highest BCUT2D eigenvalue weighted by Gasteiger charge is 2.35. The molecule has 2 nitrogen and oxygen atoms in total. The maximum atomic E-state index is 12.7. The van der Waals surface area contributed by atoms with E-state index < -0.39 is 30.1 Å². The van der Waals surface area contributed by atoms with Crippen molar-refractivity contribution in [2.45, 2.75) is 19.3 Å². The van der Waals surface area contributed by atoms with Crippen LogP contribution in [0.4, 0.5) is 37.7 Å². The van der Waals surface area contributed by atoms with Crippen LogP contribution in [0.25, 0.3) is 4.85 Å². The third-order valence-electron chi connectivity index (χ3n) is 2.52. The first-order valence-electron chi connectivity index (χ1n) is 5.49. The van der Waals surface area contributed by atoms with Gasteiger partial charge in [-0.2, -0.15) is 26.3 Å². The van der Waals surface area contributed by atoms with Gasteiger partial charge in [-0.25, -0.2) is 4.85 Å². The molecule has 20 heavy (non-hydrogen) atoms. The van der Waals surface area contributed by atoms with Crippen LogP contribution < -0.4 is 4.90 Å². The van der Waals surface area contributed by atoms with Crippen LogP contribution >= 0.6 is 0 Å². The minimum absolute atomic E-state index is 0.103. The Morgan fingerprint density at radius 3 is 2.15 bits per heavy atom. The largest absolute Gasteiger partial charge is 0.407 e. The summed E-state index contributed by atoms with van der Waals surface area (Å²) in [6.07, 6.45) is -9.31. The first kappa shape index (κ1) is 16.1. The molecule has 0 fully saturated rings. The molecular formula is C12H10F6N2. The zero-order valence-corrected chi connectivity index (χ0v) is 10.3. The fourth-order valence-corrected chi connectivity index (χ4v) is 1.65. The van der Waals surface area contributed by atoms with Crippen LogP contribution in [0.1, 0.15) is 12.5 Å². The number of anilines is 1. The fourth-order valence-electron chi connectivity index (χ4n) is 1.65. The van der Waals surface area contributed by atoms with Crippen molar-refractivity contribution in [3.63, 3.8) is 0 Å². The number of benzene rings is 1. The summed E-state index contributed by atoms with van der Waals surface area (Å²) < 4.78 is 75.2. The molecule has 8 heteroatoms. The van der Waals surface area contributed by atoms with E-state index in [1.807, 2.05) is 0 Å². The third kappa shape index (κ3) is 4.05. The summed E-state index contributed by atoms with van der Waals surface area (Å²) in [5, 5.41) is 0. The summed E-state index contributed by atoms with van der Waals surface area (Å²) in [5.74, 6) is 0. The highest BCUT2D eigenvalue weighted by Crippen LogP contribution is 2.39. The Kier molecular flexibility index (Phi) is 4.53. The van der Waals surface area contributed by atoms with E-state index in [4.69, 9.17) is 6.57 Å². The van der Waals surface area contributed by atoms with Crippen molar-refractivity contribution in [3.05, 3.63) is 35.2 Å². The molecule has 1 rings (SSSR count). The molecule has 0 saturated heterocycles. The Hall–Kier alpha value is -1.91. The van der Waals surface area contributed by atoms with E-state index in [1.165, 1.54) is 6.92 Å². The van der Waals surface area contributed by atoms with Gasteiger partial charge in [0.15, 0.2) is 5.69 Å². The topological polar surface area (TPSA) is 7.60 Å². The summed E-state index contributed by atoms with van der Waals surface area (Å²) in [6.45, 7) is 6.62. The van der Waals surface area contributed by atoms with Crippen LogP contribution in [0.5, 0.6) is 0 Å². The van der Waals surface area contributed by atoms with E-state index in [0.29, 0.717) is 6.07 Å². The lowest BCUT2D eigenvalue weighted by Crippen LogP contribution is -2.34. The minimum atomic E-state index is -4.78. The molecule has 0 N–H and O–H groups in total. The van der Waals surface area contributed by atoms with Crippen LogP contribution in [-0.2, 0) is 6.18 Å². The molecule has 0 aromatic heterocycles. The van der Waals surface area contributed by atoms with E-state index in [2.05, 4.69) is 4.85 Å². The molecule has 0 spiro atoms. The quantitative estimate of drug-likeness (QED) is 0.582. The van der Waals surface area contributed by atoms with E-state index in [9.17, 15) is 26.3 Å². The molecule has 0 unspecified atom stereocenters. The zero-order chi connectivity index (χ0) is 15.6. The number of alkyl halides is 6. The summed E-state index contributed by atoms with van der Waals surface area (Å²) in [6, 6.07) is 2.53. The molecule has 0 bridgehead atoms. The van der Waals surface area contributed by atoms with Gasteiger partial charge in [0.2, 0.25) is 0 Å². The number of rotatable bonds is 3. The Morgan fingerprint density at radius 2 is 1.75 bits per heavy atom. The highest BCUT2D eigenvalue weighted by molar-refractivity contribution is 5.62. The third-order valence-corrected chi connectivity index (χ3v) is 2.52. The normalized spacial score (nSPS) is 12.1. The minimum Gasteiger partial charge on any atom is -0.363 e. The molecule has 1 aromatic carbocycles. The van der Waals surface area contributed by atoms with Gasteiger partial charge in [0.1, 0.15) is 6.54 Å². The van der Waals surface area contributed by atoms with Gasteiger partial charge in [-0.05, 0) is 19.1 Å². The Bertz CT molecular complexity index is 512. The first-order valence-corrected chi connectivity index (χ1v) is 5.49. The van der Waals surface area contributed by atoms with Crippen molar-refractivity contribution in [1.82, 2.24) is 0 Å². The Morgan fingerprint density at radius 1 is 1.15 bits per heavy atom. The van der Waals surface area contributed by atoms with E-state index in [-0.39, 0.29) is 12.2 Å². The summed E-state index contributed by atoms with van der Waals surface area (Å²) in [5.41, 5.74) is -2.08. The Labute approximate surface area is 111 Å². The number of hydrogen-bond acceptors (Lipinski definition) is 1. The van der Waals surface area contributed by atoms with Crippen molar-refractivity contribution in [2.24, 2.45) is 0 Å². The van der Waals surface area contributed by atoms with E-state index in [0.717, 1.165) is 17.0 Å². The van der Waals surface area contributed by atoms with Gasteiger partial charge < -0.3 is 4.90 Å². The van der Waals surface area contributed by atoms with Gasteiger partial charge in [0.25, 0.3) is 0 Å². The first-order chi connectivity index (χ1) is 9.08. The van der Waals surface area contributed by atoms with Gasteiger partial charge in [0.05, 0.1) is 12.1 Å². The predicted octanol–water partition coefficient (Wildman–Crippen LogP) is 4.64. The zero-order valence-electron chi connectivity index (χ0n) is 10.3. The lowest BCUT2D eigenvalue weighted by Gasteiger charge is -2.25. The molecule has 0 atom stereocenters. The smallest absolute Gasteiger partial charge is 0.363 e. The number of halogens is 6. The maximum absolute atomic E-state index is 12.7. The van der Waals surface area contributed by atoms with Crippen molar-refractivity contribution >= 4 is 11.4 Å². The molecule has 0 amide bonds. The second-order valence-electron chi connectivity index (χ2n) is 3.94. The Balaban J connectivity index is 3.23. The van der Waals surface area contributed by atoms with Gasteiger partial charge >= 0.3 is 12.4 Å². The summed E-state index contributed by atoms with van der Waals surface area (Å²) in [4.78, 5) is 3.49. The van der Waals surface area contributed by atoms with Crippen LogP contribution in [0.3, 0.4) is 0 Å². The maximum Gasteiger partial charge on any atom is 0.407 e. The number of hydrogen-bond donors (Lipinski definition) is 0. The average molecular weight is 296 g/mol. The highest BCUT2D eigenvalue weighted by atomic mass is 19.4. The molecule has 0 aliphatic rings. The van der Waals surface area contributed by atoms with Gasteiger partial charge in [-0.3, -0.25) is 0 Å². The molecule has 0 saturated carbocycles. The molecule has 0 heterocycles. The van der Waals surface area contributed by atoms with Crippen LogP contribution in [0.15, 0.2) is 18.2 Å². The van der Waals surface area contributed by atoms with Crippen molar-refractivity contribution in [2.75, 3.05) is 18.0 Å². The lowest BCUT2D eigenvalue weighted by molar-refractivity contribution is -0.136. The van der Waals surface area contributed by atoms with E-state index >= 15 is 0 Å². The molecule has 0 aliphatic carbocycles. The SMILES string of the molecule is [C-]#[N+]c1ccc(N(CC)CC(F)(F)F)cc1C(F)(F)F. The van der Waals surface area contributed by atoms with Gasteiger partial charge in [0, 0.05) is 12.2 Å². The van der Waals surface area contributed by atoms with Crippen molar-refractivity contribution < 1.29 is 26.3 Å². The van der Waals surface area contributed by atoms with Gasteiger partial charge in [-0.15, -0.1) is 0 Å². The molecule has 0 radical (unpaired) electrons. The molecule has 1 aromatic rings. The van der Waals surface area contributed by atoms with Crippen LogP contribution in [0.2, 0.25) is 0 Å². The fraction of sp³-hybridized carbons (Fsp3) is 0.417. The monoisotopic (exact) mass is 296 g/mol. The lowest BCUT2D eigenvalue weighted by atomic mass is 10.1. The second-order valence-corrected chi connectivity index (χ2v) is 3.94. The van der Waals surface area contributed by atoms with Crippen molar-refractivity contribution in [1.29, 1.82) is 0 Å². The second kappa shape index (κ2) is 5.61. The van der Waals surface area contributed by atoms with Crippen LogP contribution in [-0.4, -0.2) is 19.3 Å². The van der Waals surface area contributed by atoms with E-state index in [1.54, 1.807) is 0 Å². The average Bonchev–Trinajstić information content (AvgIpc) is 2.33. The standard InChI is InChI=1S/C12H10F6N2/c1-3-20(7-11(13,14)15)8-4-5-10(19-2)9(6-8)12(16,17)18/h4-6H,3,7H2,1H3. The molecule has 110 valence electrons. The van der Waals surface area contributed by atoms with Gasteiger partial charge in [-0.1, -0.05) is 6.07 Å². The summed E-state index contributed by atoms with van der Waals surface area (Å²) >= 11 is 0. The summed E-state index contributed by atoms with van der Waals surface area (Å²) in [7, 11) is 0.